The summed E-state index contributed by atoms with van der Waals surface area (Å²) in [5.41, 5.74) is 0. The molecule has 3 heteroatoms. The fourth-order valence-electron chi connectivity index (χ4n) is 3.45. The topological polar surface area (TPSA) is 32.3 Å². The Kier molecular flexibility index (Phi) is 4.43. The number of nitrogens with one attached hydrogen (secondary N) is 1. The maximum absolute atomic E-state index is 12.6. The predicted octanol–water partition coefficient (Wildman–Crippen LogP) is 2.02. The summed E-state index contributed by atoms with van der Waals surface area (Å²) in [6.07, 6.45) is 5.57. The Balaban J connectivity index is 1.97. The smallest absolute Gasteiger partial charge is 0.225 e. The molecule has 0 aromatic carbocycles. The lowest BCUT2D eigenvalue weighted by Gasteiger charge is -2.28. The summed E-state index contributed by atoms with van der Waals surface area (Å²) in [7, 11) is 0. The third-order valence-electron chi connectivity index (χ3n) is 4.35. The van der Waals surface area contributed by atoms with Crippen molar-refractivity contribution in [1.82, 2.24) is 10.2 Å². The zero-order valence-electron chi connectivity index (χ0n) is 11.2. The second-order valence-electron chi connectivity index (χ2n) is 5.58. The van der Waals surface area contributed by atoms with Crippen molar-refractivity contribution in [3.05, 3.63) is 0 Å². The Labute approximate surface area is 105 Å². The molecule has 0 spiro atoms. The van der Waals surface area contributed by atoms with E-state index in [0.29, 0.717) is 11.9 Å². The standard InChI is InChI=1S/C14H26N2O/c1-3-5-11(6-4-2)14(17)16-8-7-12-9-15-10-13(12)16/h11-13,15H,3-10H2,1-2H3/t12-,13+/m0/s1. The highest BCUT2D eigenvalue weighted by atomic mass is 16.2. The summed E-state index contributed by atoms with van der Waals surface area (Å²) in [4.78, 5) is 14.7. The van der Waals surface area contributed by atoms with Gasteiger partial charge in [-0.15, -0.1) is 0 Å². The first-order valence-electron chi connectivity index (χ1n) is 7.29. The molecule has 2 atom stereocenters. The number of fused-ring (bicyclic) bond motifs is 1. The second-order valence-corrected chi connectivity index (χ2v) is 5.58. The van der Waals surface area contributed by atoms with Crippen molar-refractivity contribution < 1.29 is 4.79 Å². The van der Waals surface area contributed by atoms with Gasteiger partial charge in [-0.1, -0.05) is 26.7 Å². The van der Waals surface area contributed by atoms with Gasteiger partial charge in [-0.2, -0.15) is 0 Å². The van der Waals surface area contributed by atoms with Crippen LogP contribution in [-0.2, 0) is 4.79 Å². The molecule has 2 heterocycles. The lowest BCUT2D eigenvalue weighted by molar-refractivity contribution is -0.136. The lowest BCUT2D eigenvalue weighted by atomic mass is 9.96. The Morgan fingerprint density at radius 2 is 2.00 bits per heavy atom. The van der Waals surface area contributed by atoms with Crippen molar-refractivity contribution in [2.75, 3.05) is 19.6 Å². The van der Waals surface area contributed by atoms with Gasteiger partial charge in [0.2, 0.25) is 5.91 Å². The third kappa shape index (κ3) is 2.65. The maximum atomic E-state index is 12.6. The SMILES string of the molecule is CCCC(CCC)C(=O)N1CC[C@H]2CNC[C@H]21. The molecule has 0 aliphatic carbocycles. The number of carbonyl (C=O) groups is 1. The van der Waals surface area contributed by atoms with E-state index < -0.39 is 0 Å². The molecule has 3 nitrogen and oxygen atoms in total. The van der Waals surface area contributed by atoms with Gasteiger partial charge in [-0.3, -0.25) is 4.79 Å². The van der Waals surface area contributed by atoms with Gasteiger partial charge in [-0.05, 0) is 25.2 Å². The molecule has 0 unspecified atom stereocenters. The molecule has 2 rings (SSSR count). The molecule has 1 N–H and O–H groups in total. The van der Waals surface area contributed by atoms with Crippen LogP contribution < -0.4 is 5.32 Å². The molecule has 0 bridgehead atoms. The first kappa shape index (κ1) is 12.9. The molecule has 2 aliphatic rings. The number of likely N-dealkylation sites (tertiary alicyclic amines) is 1. The average Bonchev–Trinajstić information content (AvgIpc) is 2.89. The molecule has 98 valence electrons. The van der Waals surface area contributed by atoms with Gasteiger partial charge >= 0.3 is 0 Å². The predicted molar refractivity (Wildman–Crippen MR) is 69.8 cm³/mol. The van der Waals surface area contributed by atoms with E-state index in [1.807, 2.05) is 0 Å². The van der Waals surface area contributed by atoms with Gasteiger partial charge < -0.3 is 10.2 Å². The van der Waals surface area contributed by atoms with Crippen molar-refractivity contribution in [2.24, 2.45) is 11.8 Å². The summed E-state index contributed by atoms with van der Waals surface area (Å²) in [6, 6.07) is 0.499. The van der Waals surface area contributed by atoms with Crippen LogP contribution in [0.4, 0.5) is 0 Å². The highest BCUT2D eigenvalue weighted by Gasteiger charge is 2.41. The fraction of sp³-hybridized carbons (Fsp3) is 0.929. The van der Waals surface area contributed by atoms with E-state index in [1.54, 1.807) is 0 Å². The number of rotatable bonds is 5. The molecule has 0 aromatic rings. The summed E-state index contributed by atoms with van der Waals surface area (Å²) >= 11 is 0. The maximum Gasteiger partial charge on any atom is 0.225 e. The van der Waals surface area contributed by atoms with Crippen LogP contribution in [0, 0.1) is 11.8 Å². The highest BCUT2D eigenvalue weighted by Crippen LogP contribution is 2.30. The van der Waals surface area contributed by atoms with E-state index in [1.165, 1.54) is 6.42 Å². The van der Waals surface area contributed by atoms with Crippen molar-refractivity contribution in [3.8, 4) is 0 Å². The molecule has 0 aromatic heterocycles. The lowest BCUT2D eigenvalue weighted by Crippen LogP contribution is -2.42. The summed E-state index contributed by atoms with van der Waals surface area (Å²) in [6.45, 7) is 7.49. The number of carbonyl (C=O) groups excluding carboxylic acids is 1. The van der Waals surface area contributed by atoms with Crippen LogP contribution in [0.1, 0.15) is 46.0 Å². The number of amides is 1. The minimum atomic E-state index is 0.282. The first-order valence-corrected chi connectivity index (χ1v) is 7.29. The van der Waals surface area contributed by atoms with Crippen molar-refractivity contribution in [2.45, 2.75) is 52.0 Å². The van der Waals surface area contributed by atoms with Crippen molar-refractivity contribution in [3.63, 3.8) is 0 Å². The van der Waals surface area contributed by atoms with Gasteiger partial charge in [-0.25, -0.2) is 0 Å². The van der Waals surface area contributed by atoms with E-state index in [9.17, 15) is 4.79 Å². The molecule has 0 radical (unpaired) electrons. The van der Waals surface area contributed by atoms with Crippen LogP contribution in [0.2, 0.25) is 0 Å². The van der Waals surface area contributed by atoms with E-state index in [4.69, 9.17) is 0 Å². The summed E-state index contributed by atoms with van der Waals surface area (Å²) < 4.78 is 0. The van der Waals surface area contributed by atoms with Crippen LogP contribution in [-0.4, -0.2) is 36.5 Å². The van der Waals surface area contributed by atoms with Crippen molar-refractivity contribution in [1.29, 1.82) is 0 Å². The molecule has 0 saturated carbocycles. The van der Waals surface area contributed by atoms with Gasteiger partial charge in [0.15, 0.2) is 0 Å². The van der Waals surface area contributed by atoms with Crippen LogP contribution in [0.5, 0.6) is 0 Å². The largest absolute Gasteiger partial charge is 0.338 e. The minimum Gasteiger partial charge on any atom is -0.338 e. The van der Waals surface area contributed by atoms with E-state index in [-0.39, 0.29) is 5.92 Å². The zero-order chi connectivity index (χ0) is 12.3. The normalized spacial score (nSPS) is 27.8. The van der Waals surface area contributed by atoms with Crippen LogP contribution in [0.15, 0.2) is 0 Å². The molecular formula is C14H26N2O. The Bertz CT molecular complexity index is 261. The zero-order valence-corrected chi connectivity index (χ0v) is 11.2. The van der Waals surface area contributed by atoms with Gasteiger partial charge in [0.05, 0.1) is 0 Å². The summed E-state index contributed by atoms with van der Waals surface area (Å²) in [5, 5.41) is 3.42. The van der Waals surface area contributed by atoms with E-state index in [0.717, 1.165) is 51.2 Å². The van der Waals surface area contributed by atoms with Crippen molar-refractivity contribution >= 4 is 5.91 Å². The van der Waals surface area contributed by atoms with Crippen LogP contribution in [0.3, 0.4) is 0 Å². The molecule has 2 fully saturated rings. The number of hydrogen-bond donors (Lipinski definition) is 1. The Hall–Kier alpha value is -0.570. The molecule has 2 saturated heterocycles. The summed E-state index contributed by atoms with van der Waals surface area (Å²) in [5.74, 6) is 1.44. The Morgan fingerprint density at radius 1 is 1.29 bits per heavy atom. The highest BCUT2D eigenvalue weighted by molar-refractivity contribution is 5.79. The monoisotopic (exact) mass is 238 g/mol. The fourth-order valence-corrected chi connectivity index (χ4v) is 3.45. The van der Waals surface area contributed by atoms with Crippen LogP contribution >= 0.6 is 0 Å². The minimum absolute atomic E-state index is 0.282. The van der Waals surface area contributed by atoms with Gasteiger partial charge in [0, 0.05) is 31.6 Å². The van der Waals surface area contributed by atoms with Gasteiger partial charge in [0.25, 0.3) is 0 Å². The van der Waals surface area contributed by atoms with Crippen LogP contribution in [0.25, 0.3) is 0 Å². The van der Waals surface area contributed by atoms with Gasteiger partial charge in [0.1, 0.15) is 0 Å². The average molecular weight is 238 g/mol. The molecule has 17 heavy (non-hydrogen) atoms. The van der Waals surface area contributed by atoms with E-state index in [2.05, 4.69) is 24.1 Å². The molecule has 2 aliphatic heterocycles. The quantitative estimate of drug-likeness (QED) is 0.795. The first-order chi connectivity index (χ1) is 8.27. The number of hydrogen-bond acceptors (Lipinski definition) is 2. The Morgan fingerprint density at radius 3 is 2.65 bits per heavy atom. The number of nitrogens with zero attached hydrogens (tertiary/aromatic N) is 1. The van der Waals surface area contributed by atoms with E-state index >= 15 is 0 Å². The molecule has 1 amide bonds. The third-order valence-corrected chi connectivity index (χ3v) is 4.35. The second kappa shape index (κ2) is 5.85. The molecular weight excluding hydrogens is 212 g/mol.